The smallest absolute Gasteiger partial charge is 0.310 e. The Labute approximate surface area is 149 Å². The first kappa shape index (κ1) is 16.6. The summed E-state index contributed by atoms with van der Waals surface area (Å²) in [5.41, 5.74) is 14.3. The van der Waals surface area contributed by atoms with E-state index in [9.17, 15) is 19.1 Å². The molecule has 2 aromatic carbocycles. The first-order valence-corrected chi connectivity index (χ1v) is 8.62. The molecule has 5 heteroatoms. The summed E-state index contributed by atoms with van der Waals surface area (Å²) in [7, 11) is 0. The van der Waals surface area contributed by atoms with Gasteiger partial charge < -0.3 is 5.53 Å². The number of Topliss-reactive ketones (excluding diaryl/α,β-unsaturated/α-hetero) is 1. The summed E-state index contributed by atoms with van der Waals surface area (Å²) in [6.45, 7) is 0. The van der Waals surface area contributed by atoms with Crippen LogP contribution in [-0.2, 0) is 6.42 Å². The van der Waals surface area contributed by atoms with E-state index in [1.165, 1.54) is 11.6 Å². The first-order chi connectivity index (χ1) is 12.6. The number of benzene rings is 2. The molecule has 4 rings (SSSR count). The third kappa shape index (κ3) is 2.61. The third-order valence-electron chi connectivity index (χ3n) is 5.29. The normalized spacial score (nSPS) is 18.8. The number of carbonyl (C=O) groups excluding carboxylic acids is 1. The fourth-order valence-electron chi connectivity index (χ4n) is 4.01. The van der Waals surface area contributed by atoms with E-state index in [1.807, 2.05) is 24.3 Å². The van der Waals surface area contributed by atoms with E-state index in [-0.39, 0.29) is 11.3 Å². The Morgan fingerprint density at radius 2 is 1.85 bits per heavy atom. The zero-order chi connectivity index (χ0) is 18.3. The molecule has 2 aromatic rings. The van der Waals surface area contributed by atoms with Crippen LogP contribution < -0.4 is 0 Å². The van der Waals surface area contributed by atoms with Gasteiger partial charge in [-0.3, -0.25) is 4.79 Å². The van der Waals surface area contributed by atoms with Gasteiger partial charge in [-0.1, -0.05) is 29.8 Å². The molecule has 0 aliphatic heterocycles. The maximum atomic E-state index is 13.5. The van der Waals surface area contributed by atoms with Crippen molar-refractivity contribution in [2.75, 3.05) is 0 Å². The maximum absolute atomic E-state index is 13.5. The number of carbonyl (C=O) groups is 1. The molecule has 0 saturated carbocycles. The van der Waals surface area contributed by atoms with Gasteiger partial charge in [0.1, 0.15) is 5.92 Å². The number of allylic oxidation sites excluding steroid dienone is 2. The fourth-order valence-corrected chi connectivity index (χ4v) is 4.01. The van der Waals surface area contributed by atoms with Gasteiger partial charge in [0.05, 0.1) is 5.57 Å². The van der Waals surface area contributed by atoms with Crippen molar-refractivity contribution in [1.82, 2.24) is 0 Å². The van der Waals surface area contributed by atoms with Gasteiger partial charge in [-0.05, 0) is 55.0 Å². The Balaban J connectivity index is 1.77. The Morgan fingerprint density at radius 3 is 2.62 bits per heavy atom. The number of fused-ring (bicyclic) bond motifs is 2. The highest BCUT2D eigenvalue weighted by atomic mass is 19.2. The molecule has 2 aliphatic rings. The van der Waals surface area contributed by atoms with Gasteiger partial charge in [0.2, 0.25) is 0 Å². The minimum atomic E-state index is -1.06. The van der Waals surface area contributed by atoms with Crippen molar-refractivity contribution in [2.45, 2.75) is 25.7 Å². The molecule has 0 N–H and O–H groups in total. The number of hydrogen-bond donors (Lipinski definition) is 0. The van der Waals surface area contributed by atoms with Gasteiger partial charge in [-0.2, -0.15) is 4.79 Å². The predicted molar refractivity (Wildman–Crippen MR) is 93.7 cm³/mol. The average molecular weight is 350 g/mol. The maximum Gasteiger partial charge on any atom is 0.310 e. The molecule has 0 radical (unpaired) electrons. The lowest BCUT2D eigenvalue weighted by Crippen LogP contribution is -2.31. The number of hydrogen-bond acceptors (Lipinski definition) is 1. The van der Waals surface area contributed by atoms with Crippen molar-refractivity contribution in [3.63, 3.8) is 0 Å². The van der Waals surface area contributed by atoms with Gasteiger partial charge >= 0.3 is 5.71 Å². The molecule has 0 fully saturated rings. The van der Waals surface area contributed by atoms with E-state index in [1.54, 1.807) is 0 Å². The molecule has 26 heavy (non-hydrogen) atoms. The van der Waals surface area contributed by atoms with Gasteiger partial charge in [0.25, 0.3) is 0 Å². The van der Waals surface area contributed by atoms with Crippen LogP contribution >= 0.6 is 0 Å². The third-order valence-corrected chi connectivity index (χ3v) is 5.29. The number of halogens is 2. The lowest BCUT2D eigenvalue weighted by Gasteiger charge is -2.28. The molecule has 0 aromatic heterocycles. The highest BCUT2D eigenvalue weighted by Crippen LogP contribution is 2.41. The molecule has 1 unspecified atom stereocenters. The zero-order valence-electron chi connectivity index (χ0n) is 14.0. The molecular weight excluding hydrogens is 334 g/mol. The van der Waals surface area contributed by atoms with Crippen LogP contribution in [0, 0.1) is 17.6 Å². The van der Waals surface area contributed by atoms with Crippen LogP contribution in [0.3, 0.4) is 0 Å². The molecule has 3 nitrogen and oxygen atoms in total. The summed E-state index contributed by atoms with van der Waals surface area (Å²) in [6.07, 6.45) is 3.02. The lowest BCUT2D eigenvalue weighted by molar-refractivity contribution is -0.00975. The predicted octanol–water partition coefficient (Wildman–Crippen LogP) is 4.63. The number of rotatable bonds is 2. The summed E-state index contributed by atoms with van der Waals surface area (Å²) in [5.74, 6) is -3.08. The van der Waals surface area contributed by atoms with Crippen molar-refractivity contribution in [2.24, 2.45) is 5.92 Å². The second-order valence-electron chi connectivity index (χ2n) is 6.71. The van der Waals surface area contributed by atoms with Crippen LogP contribution in [0.4, 0.5) is 8.78 Å². The number of nitrogens with zero attached hydrogens (tertiary/aromatic N) is 2. The Kier molecular flexibility index (Phi) is 4.09. The van der Waals surface area contributed by atoms with Crippen LogP contribution in [0.25, 0.3) is 11.1 Å². The summed E-state index contributed by atoms with van der Waals surface area (Å²) < 4.78 is 26.7. The van der Waals surface area contributed by atoms with E-state index in [4.69, 9.17) is 0 Å². The van der Waals surface area contributed by atoms with Gasteiger partial charge in [0, 0.05) is 5.56 Å². The second kappa shape index (κ2) is 6.43. The van der Waals surface area contributed by atoms with Crippen molar-refractivity contribution in [3.8, 4) is 0 Å². The van der Waals surface area contributed by atoms with E-state index >= 15 is 0 Å². The number of ketones is 1. The molecule has 0 bridgehead atoms. The van der Waals surface area contributed by atoms with E-state index in [0.717, 1.165) is 48.1 Å². The Morgan fingerprint density at radius 1 is 1.04 bits per heavy atom. The molecule has 0 amide bonds. The quantitative estimate of drug-likeness (QED) is 0.443. The van der Waals surface area contributed by atoms with Gasteiger partial charge in [0.15, 0.2) is 17.4 Å². The molecular formula is C21H16F2N2O. The highest BCUT2D eigenvalue weighted by Gasteiger charge is 2.41. The molecule has 0 heterocycles. The van der Waals surface area contributed by atoms with E-state index < -0.39 is 17.6 Å². The standard InChI is InChI=1S/C21H16F2N2O/c22-17-10-8-14(11-18(17)23)21(26)16-9-7-13-6-5-12-3-1-2-4-15(12)19(13)20(16)25-24/h1-4,8,10-11,16H,5-7,9H2. The van der Waals surface area contributed by atoms with Crippen LogP contribution in [0.2, 0.25) is 0 Å². The highest BCUT2D eigenvalue weighted by molar-refractivity contribution is 6.31. The average Bonchev–Trinajstić information content (AvgIpc) is 2.68. The Hall–Kier alpha value is -2.91. The van der Waals surface area contributed by atoms with Crippen LogP contribution in [0.15, 0.2) is 48.0 Å². The first-order valence-electron chi connectivity index (χ1n) is 8.62. The molecule has 130 valence electrons. The fraction of sp³-hybridized carbons (Fsp3) is 0.238. The van der Waals surface area contributed by atoms with E-state index in [2.05, 4.69) is 4.79 Å². The van der Waals surface area contributed by atoms with Crippen molar-refractivity contribution in [3.05, 3.63) is 81.9 Å². The summed E-state index contributed by atoms with van der Waals surface area (Å²) in [4.78, 5) is 16.4. The van der Waals surface area contributed by atoms with Gasteiger partial charge in [-0.25, -0.2) is 8.78 Å². The van der Waals surface area contributed by atoms with Gasteiger partial charge in [-0.15, -0.1) is 0 Å². The SMILES string of the molecule is [N-]=[N+]=C1C2=C(CCc3ccccc32)CCC1C(=O)c1ccc(F)c(F)c1. The van der Waals surface area contributed by atoms with Crippen molar-refractivity contribution >= 4 is 17.1 Å². The lowest BCUT2D eigenvalue weighted by atomic mass is 9.71. The largest absolute Gasteiger partial charge is 0.361 e. The van der Waals surface area contributed by atoms with Crippen LogP contribution in [0.1, 0.15) is 40.7 Å². The monoisotopic (exact) mass is 350 g/mol. The topological polar surface area (TPSA) is 53.5 Å². The van der Waals surface area contributed by atoms with Crippen molar-refractivity contribution < 1.29 is 18.4 Å². The molecule has 1 atom stereocenters. The zero-order valence-corrected chi connectivity index (χ0v) is 14.0. The summed E-state index contributed by atoms with van der Waals surface area (Å²) in [6, 6.07) is 11.0. The molecule has 2 aliphatic carbocycles. The van der Waals surface area contributed by atoms with Crippen molar-refractivity contribution in [1.29, 1.82) is 0 Å². The number of aryl methyl sites for hydroxylation is 1. The summed E-state index contributed by atoms with van der Waals surface area (Å²) >= 11 is 0. The van der Waals surface area contributed by atoms with Crippen LogP contribution in [0.5, 0.6) is 0 Å². The van der Waals surface area contributed by atoms with Crippen LogP contribution in [-0.4, -0.2) is 16.3 Å². The second-order valence-corrected chi connectivity index (χ2v) is 6.71. The minimum Gasteiger partial charge on any atom is -0.361 e. The Bertz CT molecular complexity index is 1000. The summed E-state index contributed by atoms with van der Waals surface area (Å²) in [5, 5.41) is 0. The molecule has 0 spiro atoms. The minimum absolute atomic E-state index is 0.0863. The van der Waals surface area contributed by atoms with E-state index in [0.29, 0.717) is 12.1 Å². The molecule has 0 saturated heterocycles.